The third kappa shape index (κ3) is 8.97. The van der Waals surface area contributed by atoms with Crippen LogP contribution in [0.2, 0.25) is 0 Å². The molecule has 0 bridgehead atoms. The second-order valence-electron chi connectivity index (χ2n) is 10.7. The lowest BCUT2D eigenvalue weighted by molar-refractivity contribution is -0.137. The molecule has 8 nitrogen and oxygen atoms in total. The van der Waals surface area contributed by atoms with Crippen LogP contribution in [-0.4, -0.2) is 47.1 Å². The van der Waals surface area contributed by atoms with Gasteiger partial charge in [-0.05, 0) is 82.6 Å². The first kappa shape index (κ1) is 32.0. The number of carbonyl (C=O) groups is 3. The van der Waals surface area contributed by atoms with Gasteiger partial charge in [-0.1, -0.05) is 26.7 Å². The van der Waals surface area contributed by atoms with Crippen molar-refractivity contribution in [2.24, 2.45) is 0 Å². The average molecular weight is 569 g/mol. The van der Waals surface area contributed by atoms with Crippen LogP contribution in [0.1, 0.15) is 117 Å². The zero-order valence-corrected chi connectivity index (χ0v) is 24.6. The molecule has 2 aromatic carbocycles. The molecule has 0 amide bonds. The highest BCUT2D eigenvalue weighted by Gasteiger charge is 2.29. The minimum Gasteiger partial charge on any atom is -0.507 e. The maximum Gasteiger partial charge on any atom is 0.303 e. The fraction of sp³-hybridized carbons (Fsp3) is 0.545. The number of carboxylic acid groups (broad SMARTS) is 1. The number of Topliss-reactive ketones (excluding diaryl/α,β-unsaturated/α-hetero) is 2. The van der Waals surface area contributed by atoms with E-state index in [1.165, 1.54) is 6.92 Å². The molecular weight excluding hydrogens is 524 g/mol. The van der Waals surface area contributed by atoms with Gasteiger partial charge in [-0.15, -0.1) is 0 Å². The summed E-state index contributed by atoms with van der Waals surface area (Å²) in [5.74, 6) is 1.10. The molecule has 8 heteroatoms. The summed E-state index contributed by atoms with van der Waals surface area (Å²) in [6, 6.07) is 7.01. The van der Waals surface area contributed by atoms with E-state index in [0.29, 0.717) is 67.1 Å². The summed E-state index contributed by atoms with van der Waals surface area (Å²) in [6.07, 6.45) is 7.81. The quantitative estimate of drug-likeness (QED) is 0.144. The molecule has 0 spiro atoms. The molecule has 2 aromatic rings. The molecule has 0 fully saturated rings. The third-order valence-electron chi connectivity index (χ3n) is 7.31. The zero-order valence-electron chi connectivity index (χ0n) is 24.6. The van der Waals surface area contributed by atoms with Gasteiger partial charge in [0.05, 0.1) is 24.3 Å². The number of benzene rings is 2. The Morgan fingerprint density at radius 3 is 2.20 bits per heavy atom. The van der Waals surface area contributed by atoms with Crippen LogP contribution in [-0.2, 0) is 17.6 Å². The van der Waals surface area contributed by atoms with E-state index < -0.39 is 5.97 Å². The normalized spacial score (nSPS) is 14.3. The minimum absolute atomic E-state index is 0.00838. The molecule has 1 aliphatic rings. The average Bonchev–Trinajstić information content (AvgIpc) is 2.93. The number of phenolic OH excluding ortho intramolecular Hbond substituents is 1. The van der Waals surface area contributed by atoms with Gasteiger partial charge >= 0.3 is 5.97 Å². The molecule has 0 aromatic heterocycles. The highest BCUT2D eigenvalue weighted by Crippen LogP contribution is 2.39. The number of aliphatic carboxylic acids is 1. The minimum atomic E-state index is -0.781. The van der Waals surface area contributed by atoms with E-state index in [2.05, 4.69) is 6.92 Å². The maximum absolute atomic E-state index is 13.0. The van der Waals surface area contributed by atoms with Crippen LogP contribution >= 0.6 is 0 Å². The van der Waals surface area contributed by atoms with Crippen LogP contribution in [0.4, 0.5) is 0 Å². The van der Waals surface area contributed by atoms with Gasteiger partial charge in [-0.3, -0.25) is 14.4 Å². The molecule has 1 aliphatic heterocycles. The van der Waals surface area contributed by atoms with Crippen molar-refractivity contribution in [1.82, 2.24) is 0 Å². The second-order valence-corrected chi connectivity index (χ2v) is 10.7. The van der Waals surface area contributed by atoms with E-state index in [1.54, 1.807) is 18.2 Å². The molecule has 3 rings (SSSR count). The van der Waals surface area contributed by atoms with Gasteiger partial charge in [0.25, 0.3) is 0 Å². The lowest BCUT2D eigenvalue weighted by Gasteiger charge is -2.28. The fourth-order valence-electron chi connectivity index (χ4n) is 5.19. The van der Waals surface area contributed by atoms with E-state index >= 15 is 0 Å². The highest BCUT2D eigenvalue weighted by atomic mass is 16.5. The topological polar surface area (TPSA) is 119 Å². The number of aromatic hydroxyl groups is 1. The van der Waals surface area contributed by atoms with Crippen molar-refractivity contribution in [3.05, 3.63) is 46.5 Å². The molecule has 0 aliphatic carbocycles. The van der Waals surface area contributed by atoms with Gasteiger partial charge in [0.2, 0.25) is 0 Å². The number of fused-ring (bicyclic) bond motifs is 1. The van der Waals surface area contributed by atoms with Crippen LogP contribution in [0.15, 0.2) is 24.3 Å². The van der Waals surface area contributed by atoms with Crippen LogP contribution in [0, 0.1) is 0 Å². The van der Waals surface area contributed by atoms with Crippen LogP contribution in [0.3, 0.4) is 0 Å². The highest BCUT2D eigenvalue weighted by molar-refractivity contribution is 6.00. The number of hydrogen-bond acceptors (Lipinski definition) is 7. The Hall–Kier alpha value is -3.55. The van der Waals surface area contributed by atoms with Gasteiger partial charge < -0.3 is 24.4 Å². The Morgan fingerprint density at radius 2 is 1.54 bits per heavy atom. The molecule has 224 valence electrons. The van der Waals surface area contributed by atoms with Crippen molar-refractivity contribution in [3.8, 4) is 23.0 Å². The first-order valence-electron chi connectivity index (χ1n) is 15.0. The van der Waals surface area contributed by atoms with Crippen molar-refractivity contribution in [2.75, 3.05) is 13.2 Å². The standard InChI is InChI=1S/C33H44O8/c1-4-11-26-29(17-15-24(22(3)34)32(26)38)39-20-10-8-13-23-21-28(35)25-16-18-30(27(12-5-2)33(25)41-23)40-19-9-6-7-14-31(36)37/h15-18,23,38H,4-14,19-21H2,1-3H3,(H,36,37). The molecule has 2 N–H and O–H groups in total. The Morgan fingerprint density at radius 1 is 0.902 bits per heavy atom. The van der Waals surface area contributed by atoms with E-state index in [1.807, 2.05) is 13.0 Å². The fourth-order valence-corrected chi connectivity index (χ4v) is 5.19. The number of carboxylic acids is 1. The molecule has 0 radical (unpaired) electrons. The third-order valence-corrected chi connectivity index (χ3v) is 7.31. The number of phenols is 1. The van der Waals surface area contributed by atoms with E-state index in [4.69, 9.17) is 19.3 Å². The Kier molecular flexibility index (Phi) is 12.5. The smallest absolute Gasteiger partial charge is 0.303 e. The predicted molar refractivity (Wildman–Crippen MR) is 157 cm³/mol. The summed E-state index contributed by atoms with van der Waals surface area (Å²) in [6.45, 7) is 6.48. The largest absolute Gasteiger partial charge is 0.507 e. The van der Waals surface area contributed by atoms with E-state index in [-0.39, 0.29) is 29.8 Å². The Balaban J connectivity index is 1.56. The number of ketones is 2. The number of rotatable bonds is 18. The number of ether oxygens (including phenoxy) is 3. The monoisotopic (exact) mass is 568 g/mol. The van der Waals surface area contributed by atoms with Gasteiger partial charge in [0, 0.05) is 24.0 Å². The molecule has 0 saturated heterocycles. The molecular formula is C33H44O8. The summed E-state index contributed by atoms with van der Waals surface area (Å²) in [5.41, 5.74) is 2.51. The molecule has 1 atom stereocenters. The molecule has 1 heterocycles. The van der Waals surface area contributed by atoms with Gasteiger partial charge in [-0.2, -0.15) is 0 Å². The predicted octanol–water partition coefficient (Wildman–Crippen LogP) is 7.11. The summed E-state index contributed by atoms with van der Waals surface area (Å²) in [7, 11) is 0. The van der Waals surface area contributed by atoms with E-state index in [0.717, 1.165) is 56.3 Å². The first-order chi connectivity index (χ1) is 19.8. The number of unbranched alkanes of at least 4 members (excludes halogenated alkanes) is 3. The number of carbonyl (C=O) groups excluding carboxylic acids is 2. The maximum atomic E-state index is 13.0. The first-order valence-corrected chi connectivity index (χ1v) is 15.0. The molecule has 41 heavy (non-hydrogen) atoms. The lowest BCUT2D eigenvalue weighted by Crippen LogP contribution is -2.28. The Bertz CT molecular complexity index is 1200. The van der Waals surface area contributed by atoms with Crippen molar-refractivity contribution >= 4 is 17.5 Å². The summed E-state index contributed by atoms with van der Waals surface area (Å²) < 4.78 is 18.4. The van der Waals surface area contributed by atoms with Gasteiger partial charge in [0.15, 0.2) is 11.6 Å². The Labute approximate surface area is 243 Å². The number of hydrogen-bond donors (Lipinski definition) is 2. The van der Waals surface area contributed by atoms with Gasteiger partial charge in [0.1, 0.15) is 29.1 Å². The lowest BCUT2D eigenvalue weighted by atomic mass is 9.94. The van der Waals surface area contributed by atoms with Gasteiger partial charge in [-0.25, -0.2) is 0 Å². The molecule has 0 saturated carbocycles. The summed E-state index contributed by atoms with van der Waals surface area (Å²) >= 11 is 0. The van der Waals surface area contributed by atoms with Crippen molar-refractivity contribution < 1.29 is 38.8 Å². The van der Waals surface area contributed by atoms with E-state index in [9.17, 15) is 19.5 Å². The van der Waals surface area contributed by atoms with Crippen molar-refractivity contribution in [3.63, 3.8) is 0 Å². The zero-order chi connectivity index (χ0) is 29.8. The summed E-state index contributed by atoms with van der Waals surface area (Å²) in [5, 5.41) is 19.3. The van der Waals surface area contributed by atoms with Crippen LogP contribution in [0.5, 0.6) is 23.0 Å². The van der Waals surface area contributed by atoms with Crippen molar-refractivity contribution in [1.29, 1.82) is 0 Å². The van der Waals surface area contributed by atoms with Crippen LogP contribution < -0.4 is 14.2 Å². The van der Waals surface area contributed by atoms with Crippen molar-refractivity contribution in [2.45, 2.75) is 104 Å². The summed E-state index contributed by atoms with van der Waals surface area (Å²) in [4.78, 5) is 35.5. The second kappa shape index (κ2) is 16.0. The molecule has 1 unspecified atom stereocenters. The SMILES string of the molecule is CCCc1c(OCCCCC2CC(=O)c3ccc(OCCCCCC(=O)O)c(CCC)c3O2)ccc(C(C)=O)c1O. The van der Waals surface area contributed by atoms with Crippen LogP contribution in [0.25, 0.3) is 0 Å².